The highest BCUT2D eigenvalue weighted by atomic mass is 16.5. The Morgan fingerprint density at radius 3 is 2.76 bits per heavy atom. The third kappa shape index (κ3) is 4.57. The molecule has 1 atom stereocenters. The largest absolute Gasteiger partial charge is 0.465 e. The van der Waals surface area contributed by atoms with Crippen LogP contribution in [0.4, 0.5) is 0 Å². The molecule has 2 amide bonds. The van der Waals surface area contributed by atoms with E-state index >= 15 is 0 Å². The van der Waals surface area contributed by atoms with Crippen molar-refractivity contribution in [3.63, 3.8) is 0 Å². The molecule has 3 aromatic rings. The second-order valence-corrected chi connectivity index (χ2v) is 8.67. The molecule has 9 nitrogen and oxygen atoms in total. The highest BCUT2D eigenvalue weighted by Gasteiger charge is 2.38. The molecule has 0 spiro atoms. The van der Waals surface area contributed by atoms with Gasteiger partial charge in [-0.25, -0.2) is 14.8 Å². The molecule has 2 fully saturated rings. The number of aromatic nitrogens is 3. The van der Waals surface area contributed by atoms with Crippen LogP contribution < -0.4 is 10.6 Å². The van der Waals surface area contributed by atoms with Crippen LogP contribution in [-0.2, 0) is 16.1 Å². The minimum absolute atomic E-state index is 0.105. The van der Waals surface area contributed by atoms with E-state index in [1.165, 1.54) is 7.11 Å². The lowest BCUT2D eigenvalue weighted by molar-refractivity contribution is -0.123. The summed E-state index contributed by atoms with van der Waals surface area (Å²) in [5.41, 5.74) is 3.58. The van der Waals surface area contributed by atoms with Crippen molar-refractivity contribution in [1.82, 2.24) is 25.6 Å². The number of fused-ring (bicyclic) bond motifs is 1. The molecule has 33 heavy (non-hydrogen) atoms. The number of benzene rings is 1. The van der Waals surface area contributed by atoms with Gasteiger partial charge in [0, 0.05) is 18.7 Å². The van der Waals surface area contributed by atoms with Crippen LogP contribution in [0.15, 0.2) is 36.7 Å². The molecule has 0 aliphatic heterocycles. The van der Waals surface area contributed by atoms with Crippen LogP contribution in [0.2, 0.25) is 0 Å². The van der Waals surface area contributed by atoms with Crippen molar-refractivity contribution in [2.45, 2.75) is 44.2 Å². The average Bonchev–Trinajstić information content (AvgIpc) is 3.77. The first-order chi connectivity index (χ1) is 16.0. The van der Waals surface area contributed by atoms with E-state index in [4.69, 9.17) is 4.74 Å². The average molecular weight is 447 g/mol. The van der Waals surface area contributed by atoms with E-state index in [1.807, 2.05) is 6.07 Å². The maximum atomic E-state index is 13.1. The summed E-state index contributed by atoms with van der Waals surface area (Å²) >= 11 is 0. The zero-order valence-corrected chi connectivity index (χ0v) is 18.3. The van der Waals surface area contributed by atoms with E-state index in [0.29, 0.717) is 28.2 Å². The van der Waals surface area contributed by atoms with Gasteiger partial charge in [-0.3, -0.25) is 9.59 Å². The molecule has 3 N–H and O–H groups in total. The topological polar surface area (TPSA) is 126 Å². The molecule has 9 heteroatoms. The van der Waals surface area contributed by atoms with E-state index in [9.17, 15) is 14.4 Å². The predicted molar refractivity (Wildman–Crippen MR) is 119 cm³/mol. The second-order valence-electron chi connectivity index (χ2n) is 8.67. The summed E-state index contributed by atoms with van der Waals surface area (Å²) in [5, 5.41) is 5.78. The Morgan fingerprint density at radius 1 is 1.21 bits per heavy atom. The SMILES string of the molecule is COC(=O)c1cccc(CNC(=O)[C@H](NC(=O)c2c[nH]c3ncc(C4CC4)nc23)C2CC2)c1. The van der Waals surface area contributed by atoms with Crippen molar-refractivity contribution in [3.8, 4) is 0 Å². The van der Waals surface area contributed by atoms with Crippen molar-refractivity contribution in [2.24, 2.45) is 5.92 Å². The number of methoxy groups -OCH3 is 1. The van der Waals surface area contributed by atoms with E-state index in [-0.39, 0.29) is 24.3 Å². The third-order valence-corrected chi connectivity index (χ3v) is 6.12. The maximum absolute atomic E-state index is 13.1. The molecule has 2 heterocycles. The highest BCUT2D eigenvalue weighted by molar-refractivity contribution is 6.06. The van der Waals surface area contributed by atoms with E-state index in [0.717, 1.165) is 36.9 Å². The molecule has 2 saturated carbocycles. The number of nitrogens with zero attached hydrogens (tertiary/aromatic N) is 2. The van der Waals surface area contributed by atoms with Crippen LogP contribution in [-0.4, -0.2) is 45.9 Å². The number of ether oxygens (including phenoxy) is 1. The Bertz CT molecular complexity index is 1230. The molecule has 2 aliphatic carbocycles. The van der Waals surface area contributed by atoms with Gasteiger partial charge in [-0.1, -0.05) is 12.1 Å². The normalized spacial score (nSPS) is 16.3. The fourth-order valence-corrected chi connectivity index (χ4v) is 3.93. The van der Waals surface area contributed by atoms with Crippen molar-refractivity contribution in [3.05, 3.63) is 59.0 Å². The molecule has 0 radical (unpaired) electrons. The summed E-state index contributed by atoms with van der Waals surface area (Å²) in [6.07, 6.45) is 7.31. The second kappa shape index (κ2) is 8.65. The van der Waals surface area contributed by atoms with Crippen LogP contribution in [0.1, 0.15) is 63.6 Å². The zero-order chi connectivity index (χ0) is 22.9. The molecular weight excluding hydrogens is 422 g/mol. The number of hydrogen-bond donors (Lipinski definition) is 3. The Morgan fingerprint density at radius 2 is 2.03 bits per heavy atom. The minimum Gasteiger partial charge on any atom is -0.465 e. The van der Waals surface area contributed by atoms with Gasteiger partial charge in [-0.2, -0.15) is 0 Å². The minimum atomic E-state index is -0.634. The van der Waals surface area contributed by atoms with Crippen molar-refractivity contribution in [2.75, 3.05) is 7.11 Å². The predicted octanol–water partition coefficient (Wildman–Crippen LogP) is 2.45. The van der Waals surface area contributed by atoms with Gasteiger partial charge in [0.25, 0.3) is 5.91 Å². The van der Waals surface area contributed by atoms with Crippen LogP contribution in [0.5, 0.6) is 0 Å². The molecule has 0 bridgehead atoms. The fraction of sp³-hybridized carbons (Fsp3) is 0.375. The summed E-state index contributed by atoms with van der Waals surface area (Å²) in [7, 11) is 1.33. The Kier molecular flexibility index (Phi) is 5.53. The Hall–Kier alpha value is -3.75. The Labute approximate surface area is 190 Å². The van der Waals surface area contributed by atoms with Gasteiger partial charge in [0.15, 0.2) is 5.65 Å². The van der Waals surface area contributed by atoms with Gasteiger partial charge < -0.3 is 20.4 Å². The van der Waals surface area contributed by atoms with E-state index < -0.39 is 12.0 Å². The summed E-state index contributed by atoms with van der Waals surface area (Å²) in [6.45, 7) is 0.242. The first-order valence-electron chi connectivity index (χ1n) is 11.1. The van der Waals surface area contributed by atoms with Crippen LogP contribution in [0, 0.1) is 5.92 Å². The molecule has 1 aromatic carbocycles. The number of esters is 1. The Balaban J connectivity index is 1.27. The van der Waals surface area contributed by atoms with Crippen LogP contribution >= 0.6 is 0 Å². The molecule has 2 aromatic heterocycles. The molecular formula is C24H25N5O4. The number of H-pyrrole nitrogens is 1. The molecule has 0 saturated heterocycles. The van der Waals surface area contributed by atoms with Gasteiger partial charge in [0.05, 0.1) is 30.1 Å². The summed E-state index contributed by atoms with van der Waals surface area (Å²) in [4.78, 5) is 49.8. The number of carbonyl (C=O) groups excluding carboxylic acids is 3. The first kappa shape index (κ1) is 21.1. The van der Waals surface area contributed by atoms with Gasteiger partial charge in [0.1, 0.15) is 11.6 Å². The lowest BCUT2D eigenvalue weighted by Gasteiger charge is -2.18. The third-order valence-electron chi connectivity index (χ3n) is 6.12. The number of aromatic amines is 1. The quantitative estimate of drug-likeness (QED) is 0.456. The molecule has 0 unspecified atom stereocenters. The fourth-order valence-electron chi connectivity index (χ4n) is 3.93. The van der Waals surface area contributed by atoms with E-state index in [2.05, 4.69) is 25.6 Å². The smallest absolute Gasteiger partial charge is 0.337 e. The molecule has 5 rings (SSSR count). The number of rotatable bonds is 8. The van der Waals surface area contributed by atoms with Crippen molar-refractivity contribution >= 4 is 28.9 Å². The van der Waals surface area contributed by atoms with Gasteiger partial charge in [-0.05, 0) is 49.3 Å². The summed E-state index contributed by atoms with van der Waals surface area (Å²) in [5.74, 6) is -0.496. The number of amides is 2. The van der Waals surface area contributed by atoms with Crippen LogP contribution in [0.3, 0.4) is 0 Å². The summed E-state index contributed by atoms with van der Waals surface area (Å²) < 4.78 is 4.74. The maximum Gasteiger partial charge on any atom is 0.337 e. The van der Waals surface area contributed by atoms with Crippen LogP contribution in [0.25, 0.3) is 11.2 Å². The van der Waals surface area contributed by atoms with Crippen molar-refractivity contribution in [1.29, 1.82) is 0 Å². The number of carbonyl (C=O) groups is 3. The zero-order valence-electron chi connectivity index (χ0n) is 18.3. The summed E-state index contributed by atoms with van der Waals surface area (Å²) in [6, 6.07) is 6.26. The monoisotopic (exact) mass is 447 g/mol. The number of hydrogen-bond acceptors (Lipinski definition) is 6. The van der Waals surface area contributed by atoms with Gasteiger partial charge in [-0.15, -0.1) is 0 Å². The van der Waals surface area contributed by atoms with E-state index in [1.54, 1.807) is 30.6 Å². The first-order valence-corrected chi connectivity index (χ1v) is 11.1. The van der Waals surface area contributed by atoms with Gasteiger partial charge in [0.2, 0.25) is 5.91 Å². The molecule has 2 aliphatic rings. The number of nitrogens with one attached hydrogen (secondary N) is 3. The van der Waals surface area contributed by atoms with Gasteiger partial charge >= 0.3 is 5.97 Å². The lowest BCUT2D eigenvalue weighted by Crippen LogP contribution is -2.47. The lowest BCUT2D eigenvalue weighted by atomic mass is 10.1. The standard InChI is InChI=1S/C24H25N5O4/c1-33-24(32)16-4-2-3-13(9-16)10-27-23(31)19(15-7-8-15)29-22(30)17-11-25-21-20(17)28-18(12-26-21)14-5-6-14/h2-4,9,11-12,14-15,19H,5-8,10H2,1H3,(H,25,26)(H,27,31)(H,29,30)/t19-/m1/s1. The van der Waals surface area contributed by atoms with Crippen molar-refractivity contribution < 1.29 is 19.1 Å². The highest BCUT2D eigenvalue weighted by Crippen LogP contribution is 2.39. The molecule has 170 valence electrons.